The molecule has 0 spiro atoms. The standard InChI is InChI=1S/C16H20N2O4/c1-2-12-7-3-4-8-13(12)11-22-16(21)18-14(15(19)20)9-5-6-10-17/h1,3-4,7-8,14H,5-6,9-11,17H2,(H,18,21)(H,19,20)/t14-/m0/s1. The number of alkyl carbamates (subject to hydrolysis) is 1. The van der Waals surface area contributed by atoms with Gasteiger partial charge in [-0.1, -0.05) is 24.1 Å². The highest BCUT2D eigenvalue weighted by Gasteiger charge is 2.20. The molecule has 1 aromatic rings. The minimum absolute atomic E-state index is 0.0126. The zero-order chi connectivity index (χ0) is 16.4. The molecule has 1 aromatic carbocycles. The van der Waals surface area contributed by atoms with Gasteiger partial charge in [0, 0.05) is 11.1 Å². The molecule has 0 saturated carbocycles. The summed E-state index contributed by atoms with van der Waals surface area (Å²) in [4.78, 5) is 22.8. The van der Waals surface area contributed by atoms with Crippen molar-refractivity contribution in [3.05, 3.63) is 35.4 Å². The minimum Gasteiger partial charge on any atom is -0.480 e. The third-order valence-electron chi connectivity index (χ3n) is 3.07. The molecule has 118 valence electrons. The van der Waals surface area contributed by atoms with E-state index in [1.807, 2.05) is 0 Å². The molecule has 4 N–H and O–H groups in total. The van der Waals surface area contributed by atoms with Gasteiger partial charge in [0.15, 0.2) is 0 Å². The number of ether oxygens (including phenoxy) is 1. The van der Waals surface area contributed by atoms with E-state index in [1.54, 1.807) is 24.3 Å². The van der Waals surface area contributed by atoms with Crippen molar-refractivity contribution in [2.24, 2.45) is 5.73 Å². The van der Waals surface area contributed by atoms with E-state index in [9.17, 15) is 9.59 Å². The number of hydrogen-bond donors (Lipinski definition) is 3. The largest absolute Gasteiger partial charge is 0.480 e. The second-order valence-corrected chi connectivity index (χ2v) is 4.70. The molecule has 6 heteroatoms. The maximum Gasteiger partial charge on any atom is 0.408 e. The van der Waals surface area contributed by atoms with Gasteiger partial charge in [-0.15, -0.1) is 6.42 Å². The Kier molecular flexibility index (Phi) is 7.51. The van der Waals surface area contributed by atoms with Crippen LogP contribution in [0.1, 0.15) is 30.4 Å². The second-order valence-electron chi connectivity index (χ2n) is 4.70. The van der Waals surface area contributed by atoms with Crippen molar-refractivity contribution in [2.45, 2.75) is 31.9 Å². The number of benzene rings is 1. The topological polar surface area (TPSA) is 102 Å². The van der Waals surface area contributed by atoms with Crippen LogP contribution in [0.5, 0.6) is 0 Å². The number of aliphatic carboxylic acids is 1. The average Bonchev–Trinajstić information content (AvgIpc) is 2.52. The molecule has 1 atom stereocenters. The van der Waals surface area contributed by atoms with Gasteiger partial charge < -0.3 is 20.9 Å². The Hall–Kier alpha value is -2.52. The number of rotatable bonds is 8. The van der Waals surface area contributed by atoms with Crippen molar-refractivity contribution in [3.8, 4) is 12.3 Å². The van der Waals surface area contributed by atoms with Gasteiger partial charge in [-0.3, -0.25) is 0 Å². The predicted molar refractivity (Wildman–Crippen MR) is 82.0 cm³/mol. The maximum atomic E-state index is 11.7. The molecule has 0 aliphatic carbocycles. The molecule has 0 bridgehead atoms. The summed E-state index contributed by atoms with van der Waals surface area (Å²) in [6.07, 6.45) is 6.20. The molecule has 0 aliphatic heterocycles. The van der Waals surface area contributed by atoms with E-state index in [1.165, 1.54) is 0 Å². The van der Waals surface area contributed by atoms with Crippen LogP contribution < -0.4 is 11.1 Å². The Balaban J connectivity index is 2.50. The molecule has 1 amide bonds. The highest BCUT2D eigenvalue weighted by atomic mass is 16.5. The van der Waals surface area contributed by atoms with E-state index in [0.29, 0.717) is 36.9 Å². The van der Waals surface area contributed by atoms with Crippen molar-refractivity contribution in [1.29, 1.82) is 0 Å². The number of carbonyl (C=O) groups excluding carboxylic acids is 1. The monoisotopic (exact) mass is 304 g/mol. The van der Waals surface area contributed by atoms with Crippen LogP contribution in [0.4, 0.5) is 4.79 Å². The summed E-state index contributed by atoms with van der Waals surface area (Å²) in [5.74, 6) is 1.40. The molecule has 0 fully saturated rings. The first kappa shape index (κ1) is 17.5. The predicted octanol–water partition coefficient (Wildman–Crippen LogP) is 1.48. The second kappa shape index (κ2) is 9.42. The molecular formula is C16H20N2O4. The summed E-state index contributed by atoms with van der Waals surface area (Å²) in [5, 5.41) is 11.4. The van der Waals surface area contributed by atoms with Gasteiger partial charge in [0.2, 0.25) is 0 Å². The number of unbranched alkanes of at least 4 members (excludes halogenated alkanes) is 1. The van der Waals surface area contributed by atoms with Gasteiger partial charge in [-0.05, 0) is 31.9 Å². The summed E-state index contributed by atoms with van der Waals surface area (Å²) < 4.78 is 5.02. The fourth-order valence-electron chi connectivity index (χ4n) is 1.86. The lowest BCUT2D eigenvalue weighted by Crippen LogP contribution is -2.41. The Labute approximate surface area is 129 Å². The van der Waals surface area contributed by atoms with E-state index < -0.39 is 18.1 Å². The Bertz CT molecular complexity index is 551. The number of carbonyl (C=O) groups is 2. The van der Waals surface area contributed by atoms with Crippen LogP contribution in [-0.2, 0) is 16.1 Å². The fourth-order valence-corrected chi connectivity index (χ4v) is 1.86. The van der Waals surface area contributed by atoms with E-state index in [2.05, 4.69) is 11.2 Å². The summed E-state index contributed by atoms with van der Waals surface area (Å²) in [6.45, 7) is 0.473. The van der Waals surface area contributed by atoms with Crippen molar-refractivity contribution in [2.75, 3.05) is 6.54 Å². The molecule has 0 aromatic heterocycles. The number of carboxylic acid groups (broad SMARTS) is 1. The number of nitrogens with one attached hydrogen (secondary N) is 1. The van der Waals surface area contributed by atoms with Crippen LogP contribution in [0.25, 0.3) is 0 Å². The number of amides is 1. The lowest BCUT2D eigenvalue weighted by atomic mass is 10.1. The van der Waals surface area contributed by atoms with Gasteiger partial charge in [-0.2, -0.15) is 0 Å². The lowest BCUT2D eigenvalue weighted by Gasteiger charge is -2.14. The summed E-state index contributed by atoms with van der Waals surface area (Å²) in [5.41, 5.74) is 6.68. The van der Waals surface area contributed by atoms with E-state index in [0.717, 1.165) is 0 Å². The third kappa shape index (κ3) is 5.85. The van der Waals surface area contributed by atoms with Crippen LogP contribution in [0.3, 0.4) is 0 Å². The summed E-state index contributed by atoms with van der Waals surface area (Å²) in [6, 6.07) is 6.07. The highest BCUT2D eigenvalue weighted by molar-refractivity contribution is 5.79. The van der Waals surface area contributed by atoms with Crippen LogP contribution >= 0.6 is 0 Å². The number of nitrogens with two attached hydrogens (primary N) is 1. The number of hydrogen-bond acceptors (Lipinski definition) is 4. The van der Waals surface area contributed by atoms with E-state index >= 15 is 0 Å². The Morgan fingerprint density at radius 1 is 1.36 bits per heavy atom. The van der Waals surface area contributed by atoms with Crippen molar-refractivity contribution in [1.82, 2.24) is 5.32 Å². The normalized spacial score (nSPS) is 11.3. The fraction of sp³-hybridized carbons (Fsp3) is 0.375. The maximum absolute atomic E-state index is 11.7. The SMILES string of the molecule is C#Cc1ccccc1COC(=O)N[C@@H](CCCCN)C(=O)O. The Morgan fingerprint density at radius 2 is 2.09 bits per heavy atom. The highest BCUT2D eigenvalue weighted by Crippen LogP contribution is 2.09. The number of terminal acetylenes is 1. The molecule has 0 heterocycles. The zero-order valence-corrected chi connectivity index (χ0v) is 12.2. The van der Waals surface area contributed by atoms with Crippen LogP contribution in [0.2, 0.25) is 0 Å². The molecule has 0 radical (unpaired) electrons. The molecule has 1 rings (SSSR count). The molecule has 0 aliphatic rings. The minimum atomic E-state index is -1.10. The summed E-state index contributed by atoms with van der Waals surface area (Å²) in [7, 11) is 0. The van der Waals surface area contributed by atoms with E-state index in [-0.39, 0.29) is 6.61 Å². The van der Waals surface area contributed by atoms with Crippen LogP contribution in [0.15, 0.2) is 24.3 Å². The lowest BCUT2D eigenvalue weighted by molar-refractivity contribution is -0.139. The molecule has 0 unspecified atom stereocenters. The zero-order valence-electron chi connectivity index (χ0n) is 12.2. The van der Waals surface area contributed by atoms with Gasteiger partial charge in [0.25, 0.3) is 0 Å². The first-order valence-corrected chi connectivity index (χ1v) is 6.99. The van der Waals surface area contributed by atoms with Crippen LogP contribution in [0, 0.1) is 12.3 Å². The first-order chi connectivity index (χ1) is 10.6. The van der Waals surface area contributed by atoms with Gasteiger partial charge in [0.1, 0.15) is 12.6 Å². The average molecular weight is 304 g/mol. The molecular weight excluding hydrogens is 284 g/mol. The smallest absolute Gasteiger partial charge is 0.408 e. The first-order valence-electron chi connectivity index (χ1n) is 6.99. The van der Waals surface area contributed by atoms with Gasteiger partial charge in [0.05, 0.1) is 0 Å². The molecule has 6 nitrogen and oxygen atoms in total. The Morgan fingerprint density at radius 3 is 2.73 bits per heavy atom. The van der Waals surface area contributed by atoms with Crippen molar-refractivity contribution >= 4 is 12.1 Å². The van der Waals surface area contributed by atoms with Gasteiger partial charge >= 0.3 is 12.1 Å². The third-order valence-corrected chi connectivity index (χ3v) is 3.07. The quantitative estimate of drug-likeness (QED) is 0.499. The number of carboxylic acids is 1. The molecule has 0 saturated heterocycles. The van der Waals surface area contributed by atoms with Crippen LogP contribution in [-0.4, -0.2) is 29.8 Å². The van der Waals surface area contributed by atoms with Crippen molar-refractivity contribution in [3.63, 3.8) is 0 Å². The van der Waals surface area contributed by atoms with Crippen molar-refractivity contribution < 1.29 is 19.4 Å². The summed E-state index contributed by atoms with van der Waals surface area (Å²) >= 11 is 0. The molecule has 22 heavy (non-hydrogen) atoms. The van der Waals surface area contributed by atoms with Gasteiger partial charge in [-0.25, -0.2) is 9.59 Å². The van der Waals surface area contributed by atoms with E-state index in [4.69, 9.17) is 22.0 Å².